The van der Waals surface area contributed by atoms with Gasteiger partial charge in [-0.25, -0.2) is 4.79 Å². The number of carbonyl (C=O) groups is 1. The summed E-state index contributed by atoms with van der Waals surface area (Å²) in [4.78, 5) is 17.0. The number of benzene rings is 1. The van der Waals surface area contributed by atoms with Crippen LogP contribution in [0.5, 0.6) is 0 Å². The lowest BCUT2D eigenvalue weighted by atomic mass is 10.2. The van der Waals surface area contributed by atoms with Gasteiger partial charge in [-0.15, -0.1) is 0 Å². The summed E-state index contributed by atoms with van der Waals surface area (Å²) in [7, 11) is 0. The molecule has 0 saturated carbocycles. The zero-order valence-electron chi connectivity index (χ0n) is 14.3. The van der Waals surface area contributed by atoms with Gasteiger partial charge in [-0.1, -0.05) is 6.07 Å². The molecule has 3 heterocycles. The van der Waals surface area contributed by atoms with Crippen molar-refractivity contribution < 1.29 is 9.53 Å². The number of anilines is 1. The van der Waals surface area contributed by atoms with Crippen LogP contribution in [0.3, 0.4) is 0 Å². The fourth-order valence-electron chi connectivity index (χ4n) is 3.62. The first-order chi connectivity index (χ1) is 12.3. The number of hydrogen-bond acceptors (Lipinski definition) is 3. The van der Waals surface area contributed by atoms with Gasteiger partial charge in [-0.2, -0.15) is 0 Å². The molecule has 1 unspecified atom stereocenters. The van der Waals surface area contributed by atoms with Crippen molar-refractivity contribution in [1.82, 2.24) is 14.4 Å². The molecule has 1 aromatic heterocycles. The number of ether oxygens (including phenoxy) is 1. The maximum Gasteiger partial charge on any atom is 0.321 e. The molecular formula is C19H24N4O2. The third kappa shape index (κ3) is 3.70. The van der Waals surface area contributed by atoms with Gasteiger partial charge >= 0.3 is 6.03 Å². The normalized spacial score (nSPS) is 21.4. The quantitative estimate of drug-likeness (QED) is 0.933. The summed E-state index contributed by atoms with van der Waals surface area (Å²) in [6.45, 7) is 5.15. The van der Waals surface area contributed by atoms with Crippen LogP contribution in [0, 0.1) is 0 Å². The number of hydrogen-bond donors (Lipinski definition) is 1. The molecule has 2 aliphatic rings. The van der Waals surface area contributed by atoms with E-state index in [0.717, 1.165) is 57.2 Å². The van der Waals surface area contributed by atoms with Crippen LogP contribution in [0.1, 0.15) is 6.42 Å². The molecule has 2 aliphatic heterocycles. The average Bonchev–Trinajstić information content (AvgIpc) is 3.35. The second-order valence-electron chi connectivity index (χ2n) is 6.61. The maximum absolute atomic E-state index is 12.6. The number of carbonyl (C=O) groups excluding carboxylic acids is 1. The first kappa shape index (κ1) is 16.2. The summed E-state index contributed by atoms with van der Waals surface area (Å²) >= 11 is 0. The Kier molecular flexibility index (Phi) is 4.72. The van der Waals surface area contributed by atoms with Gasteiger partial charge in [0, 0.05) is 56.0 Å². The summed E-state index contributed by atoms with van der Waals surface area (Å²) in [6.07, 6.45) is 5.03. The lowest BCUT2D eigenvalue weighted by molar-refractivity contribution is 0.0192. The van der Waals surface area contributed by atoms with E-state index in [9.17, 15) is 4.79 Å². The highest BCUT2D eigenvalue weighted by atomic mass is 16.5. The van der Waals surface area contributed by atoms with Crippen LogP contribution < -0.4 is 5.32 Å². The summed E-state index contributed by atoms with van der Waals surface area (Å²) < 4.78 is 7.45. The number of amides is 2. The Balaban J connectivity index is 1.37. The van der Waals surface area contributed by atoms with Crippen LogP contribution in [0.4, 0.5) is 10.5 Å². The van der Waals surface area contributed by atoms with Crippen LogP contribution in [0.2, 0.25) is 0 Å². The number of aromatic nitrogens is 1. The van der Waals surface area contributed by atoms with Crippen molar-refractivity contribution in [2.24, 2.45) is 0 Å². The van der Waals surface area contributed by atoms with E-state index >= 15 is 0 Å². The van der Waals surface area contributed by atoms with E-state index in [4.69, 9.17) is 4.74 Å². The van der Waals surface area contributed by atoms with Gasteiger partial charge in [0.15, 0.2) is 0 Å². The molecule has 4 rings (SSSR count). The molecule has 2 saturated heterocycles. The Morgan fingerprint density at radius 3 is 2.68 bits per heavy atom. The highest BCUT2D eigenvalue weighted by Crippen LogP contribution is 2.19. The van der Waals surface area contributed by atoms with Crippen LogP contribution in [0.15, 0.2) is 48.8 Å². The third-order valence-electron chi connectivity index (χ3n) is 5.01. The molecule has 0 spiro atoms. The monoisotopic (exact) mass is 340 g/mol. The van der Waals surface area contributed by atoms with E-state index in [1.165, 1.54) is 0 Å². The fourth-order valence-corrected chi connectivity index (χ4v) is 3.62. The fraction of sp³-hybridized carbons (Fsp3) is 0.421. The van der Waals surface area contributed by atoms with Crippen molar-refractivity contribution in [2.75, 3.05) is 44.7 Å². The SMILES string of the molecule is O=C(Nc1cccc(-n2cccc2)c1)N1CCC(N2CCOCC2)C1. The van der Waals surface area contributed by atoms with Gasteiger partial charge < -0.3 is 19.5 Å². The Labute approximate surface area is 148 Å². The van der Waals surface area contributed by atoms with Gasteiger partial charge in [-0.3, -0.25) is 4.90 Å². The second-order valence-corrected chi connectivity index (χ2v) is 6.61. The molecule has 6 nitrogen and oxygen atoms in total. The summed E-state index contributed by atoms with van der Waals surface area (Å²) in [5.74, 6) is 0. The van der Waals surface area contributed by atoms with Crippen molar-refractivity contribution in [3.05, 3.63) is 48.8 Å². The molecule has 25 heavy (non-hydrogen) atoms. The lowest BCUT2D eigenvalue weighted by Crippen LogP contribution is -2.45. The topological polar surface area (TPSA) is 49.7 Å². The third-order valence-corrected chi connectivity index (χ3v) is 5.01. The number of urea groups is 1. The molecule has 1 N–H and O–H groups in total. The standard InChI is InChI=1S/C19H24N4O2/c24-19(23-9-6-18(15-23)22-10-12-25-13-11-22)20-16-4-3-5-17(14-16)21-7-1-2-8-21/h1-5,7-8,14,18H,6,9-13,15H2,(H,20,24). The average molecular weight is 340 g/mol. The Morgan fingerprint density at radius 2 is 1.88 bits per heavy atom. The molecule has 0 bridgehead atoms. The largest absolute Gasteiger partial charge is 0.379 e. The predicted octanol–water partition coefficient (Wildman–Crippen LogP) is 2.42. The molecule has 132 valence electrons. The number of nitrogens with one attached hydrogen (secondary N) is 1. The maximum atomic E-state index is 12.6. The number of rotatable bonds is 3. The van der Waals surface area contributed by atoms with Gasteiger partial charge in [0.05, 0.1) is 13.2 Å². The molecule has 0 aliphatic carbocycles. The van der Waals surface area contributed by atoms with E-state index in [-0.39, 0.29) is 6.03 Å². The van der Waals surface area contributed by atoms with Crippen LogP contribution in [-0.2, 0) is 4.74 Å². The molecule has 6 heteroatoms. The number of morpholine rings is 1. The Bertz CT molecular complexity index is 710. The molecule has 2 aromatic rings. The molecule has 1 aromatic carbocycles. The molecular weight excluding hydrogens is 316 g/mol. The highest BCUT2D eigenvalue weighted by Gasteiger charge is 2.31. The minimum atomic E-state index is -0.0135. The Hall–Kier alpha value is -2.31. The summed E-state index contributed by atoms with van der Waals surface area (Å²) in [5, 5.41) is 3.04. The van der Waals surface area contributed by atoms with E-state index < -0.39 is 0 Å². The molecule has 2 amide bonds. The first-order valence-electron chi connectivity index (χ1n) is 8.91. The van der Waals surface area contributed by atoms with Gasteiger partial charge in [0.25, 0.3) is 0 Å². The number of nitrogens with zero attached hydrogens (tertiary/aromatic N) is 3. The second kappa shape index (κ2) is 7.29. The number of likely N-dealkylation sites (tertiary alicyclic amines) is 1. The lowest BCUT2D eigenvalue weighted by Gasteiger charge is -2.32. The van der Waals surface area contributed by atoms with Crippen LogP contribution in [-0.4, -0.2) is 65.8 Å². The van der Waals surface area contributed by atoms with E-state index in [2.05, 4.69) is 10.2 Å². The van der Waals surface area contributed by atoms with Crippen molar-refractivity contribution in [1.29, 1.82) is 0 Å². The zero-order valence-corrected chi connectivity index (χ0v) is 14.3. The first-order valence-corrected chi connectivity index (χ1v) is 8.91. The smallest absolute Gasteiger partial charge is 0.321 e. The van der Waals surface area contributed by atoms with Crippen molar-refractivity contribution >= 4 is 11.7 Å². The Morgan fingerprint density at radius 1 is 1.08 bits per heavy atom. The van der Waals surface area contributed by atoms with Crippen LogP contribution in [0.25, 0.3) is 5.69 Å². The van der Waals surface area contributed by atoms with Crippen molar-refractivity contribution in [3.8, 4) is 5.69 Å². The van der Waals surface area contributed by atoms with Crippen molar-refractivity contribution in [3.63, 3.8) is 0 Å². The van der Waals surface area contributed by atoms with Gasteiger partial charge in [-0.05, 0) is 36.8 Å². The predicted molar refractivity (Wildman–Crippen MR) is 97.2 cm³/mol. The summed E-state index contributed by atoms with van der Waals surface area (Å²) in [6, 6.07) is 12.3. The molecule has 2 fully saturated rings. The van der Waals surface area contributed by atoms with E-state index in [1.807, 2.05) is 58.3 Å². The van der Waals surface area contributed by atoms with Gasteiger partial charge in [0.1, 0.15) is 0 Å². The molecule has 0 radical (unpaired) electrons. The summed E-state index contributed by atoms with van der Waals surface area (Å²) in [5.41, 5.74) is 1.86. The minimum absolute atomic E-state index is 0.0135. The minimum Gasteiger partial charge on any atom is -0.379 e. The van der Waals surface area contributed by atoms with Crippen molar-refractivity contribution in [2.45, 2.75) is 12.5 Å². The van der Waals surface area contributed by atoms with E-state index in [0.29, 0.717) is 6.04 Å². The molecule has 1 atom stereocenters. The van der Waals surface area contributed by atoms with Gasteiger partial charge in [0.2, 0.25) is 0 Å². The van der Waals surface area contributed by atoms with E-state index in [1.54, 1.807) is 0 Å². The highest BCUT2D eigenvalue weighted by molar-refractivity contribution is 5.89. The zero-order chi connectivity index (χ0) is 17.1. The van der Waals surface area contributed by atoms with Crippen LogP contribution >= 0.6 is 0 Å².